The maximum absolute atomic E-state index is 10.8. The molecule has 0 amide bonds. The van der Waals surface area contributed by atoms with Gasteiger partial charge in [-0.1, -0.05) is 10.4 Å². The summed E-state index contributed by atoms with van der Waals surface area (Å²) in [5, 5.41) is 158. The molecule has 29 nitrogen and oxygen atoms in total. The first-order valence-corrected chi connectivity index (χ1v) is 19.9. The van der Waals surface area contributed by atoms with E-state index in [0.29, 0.717) is 11.4 Å². The van der Waals surface area contributed by atoms with Gasteiger partial charge in [0.1, 0.15) is 109 Å². The Bertz CT molecular complexity index is 1540. The summed E-state index contributed by atoms with van der Waals surface area (Å²) >= 11 is 0. The zero-order valence-electron chi connectivity index (χ0n) is 33.4. The van der Waals surface area contributed by atoms with Crippen LogP contribution in [0.1, 0.15) is 11.4 Å². The fraction of sp³-hybridized carbons (Fsp3) is 0.882. The lowest BCUT2D eigenvalue weighted by atomic mass is 9.97. The molecule has 0 aromatic carbocycles. The van der Waals surface area contributed by atoms with Gasteiger partial charge in [-0.2, -0.15) is 0 Å². The summed E-state index contributed by atoms with van der Waals surface area (Å²) in [7, 11) is 0. The Morgan fingerprint density at radius 3 is 1.16 bits per heavy atom. The first kappa shape index (κ1) is 49.8. The Morgan fingerprint density at radius 1 is 0.444 bits per heavy atom. The molecule has 0 bridgehead atoms. The smallest absolute Gasteiger partial charge is 0.187 e. The topological polar surface area (TPSA) is 428 Å². The van der Waals surface area contributed by atoms with Crippen LogP contribution < -0.4 is 0 Å². The largest absolute Gasteiger partial charge is 0.394 e. The van der Waals surface area contributed by atoms with E-state index in [9.17, 15) is 71.5 Å². The second kappa shape index (κ2) is 22.7. The Labute approximate surface area is 356 Å². The van der Waals surface area contributed by atoms with Crippen LogP contribution in [0.4, 0.5) is 0 Å². The van der Waals surface area contributed by atoms with Crippen molar-refractivity contribution in [3.63, 3.8) is 0 Å². The Balaban J connectivity index is 0.883. The number of hydrogen-bond donors (Lipinski definition) is 14. The van der Waals surface area contributed by atoms with Crippen LogP contribution in [0.5, 0.6) is 0 Å². The van der Waals surface area contributed by atoms with Crippen molar-refractivity contribution in [3.8, 4) is 0 Å². The van der Waals surface area contributed by atoms with E-state index >= 15 is 0 Å². The lowest BCUT2D eigenvalue weighted by Gasteiger charge is -2.45. The SMILES string of the molecule is OCC1OC(OC2C(CO)OC(OCc3cn(CCOCCn4cc(COC5OC(CO)C(OC6OC(CO)C(O)C(O)C6O)C(O)C5O)nn4)nn3)C(O)C2O)C(O)C(O)C1O. The van der Waals surface area contributed by atoms with Gasteiger partial charge in [-0.15, -0.1) is 10.2 Å². The van der Waals surface area contributed by atoms with Crippen molar-refractivity contribution in [2.24, 2.45) is 0 Å². The lowest BCUT2D eigenvalue weighted by Crippen LogP contribution is -2.64. The van der Waals surface area contributed by atoms with Crippen LogP contribution in [0, 0.1) is 0 Å². The highest BCUT2D eigenvalue weighted by Gasteiger charge is 2.52. The van der Waals surface area contributed by atoms with Crippen molar-refractivity contribution in [2.75, 3.05) is 39.6 Å². The number of aromatic nitrogens is 6. The molecule has 0 spiro atoms. The zero-order valence-corrected chi connectivity index (χ0v) is 33.4. The van der Waals surface area contributed by atoms with Gasteiger partial charge in [-0.25, -0.2) is 9.36 Å². The summed E-state index contributed by atoms with van der Waals surface area (Å²) < 4.78 is 52.7. The molecule has 4 fully saturated rings. The highest BCUT2D eigenvalue weighted by atomic mass is 16.8. The first-order chi connectivity index (χ1) is 30.2. The average molecular weight is 917 g/mol. The molecule has 20 atom stereocenters. The molecule has 0 radical (unpaired) electrons. The molecular formula is C34H56N6O23. The van der Waals surface area contributed by atoms with Crippen molar-refractivity contribution in [3.05, 3.63) is 23.8 Å². The molecule has 63 heavy (non-hydrogen) atoms. The fourth-order valence-corrected chi connectivity index (χ4v) is 7.17. The van der Waals surface area contributed by atoms with Crippen molar-refractivity contribution >= 4 is 0 Å². The van der Waals surface area contributed by atoms with Crippen molar-refractivity contribution < 1.29 is 114 Å². The Hall–Kier alpha value is -2.64. The minimum Gasteiger partial charge on any atom is -0.394 e. The second-order valence-corrected chi connectivity index (χ2v) is 15.2. The monoisotopic (exact) mass is 916 g/mol. The van der Waals surface area contributed by atoms with E-state index in [4.69, 9.17) is 42.6 Å². The molecule has 20 unspecified atom stereocenters. The number of ether oxygens (including phenoxy) is 9. The highest BCUT2D eigenvalue weighted by Crippen LogP contribution is 2.32. The normalized spacial score (nSPS) is 41.2. The molecule has 4 aliphatic rings. The van der Waals surface area contributed by atoms with Crippen molar-refractivity contribution in [1.29, 1.82) is 0 Å². The summed E-state index contributed by atoms with van der Waals surface area (Å²) in [6, 6.07) is 0. The molecule has 6 rings (SSSR count). The quantitative estimate of drug-likeness (QED) is 0.0548. The van der Waals surface area contributed by atoms with Crippen LogP contribution >= 0.6 is 0 Å². The van der Waals surface area contributed by atoms with Crippen LogP contribution in [-0.4, -0.2) is 264 Å². The van der Waals surface area contributed by atoms with Gasteiger partial charge in [0, 0.05) is 0 Å². The summed E-state index contributed by atoms with van der Waals surface area (Å²) in [5.41, 5.74) is 0.623. The van der Waals surface area contributed by atoms with E-state index in [-0.39, 0.29) is 39.5 Å². The maximum Gasteiger partial charge on any atom is 0.187 e. The van der Waals surface area contributed by atoms with Gasteiger partial charge in [0.2, 0.25) is 0 Å². The minimum atomic E-state index is -1.80. The van der Waals surface area contributed by atoms with E-state index in [0.717, 1.165) is 0 Å². The third kappa shape index (κ3) is 11.7. The molecule has 0 saturated carbocycles. The van der Waals surface area contributed by atoms with Gasteiger partial charge in [-0.3, -0.25) is 0 Å². The molecule has 4 saturated heterocycles. The Kier molecular flexibility index (Phi) is 17.9. The third-order valence-electron chi connectivity index (χ3n) is 10.8. The van der Waals surface area contributed by atoms with Crippen LogP contribution in [-0.2, 0) is 68.9 Å². The fourth-order valence-electron chi connectivity index (χ4n) is 7.17. The molecule has 6 heterocycles. The number of aliphatic hydroxyl groups excluding tert-OH is 14. The number of aliphatic hydroxyl groups is 14. The van der Waals surface area contributed by atoms with E-state index < -0.39 is 149 Å². The molecule has 360 valence electrons. The third-order valence-corrected chi connectivity index (χ3v) is 10.8. The van der Waals surface area contributed by atoms with E-state index in [2.05, 4.69) is 20.6 Å². The number of nitrogens with zero attached hydrogens (tertiary/aromatic N) is 6. The minimum absolute atomic E-state index is 0.200. The van der Waals surface area contributed by atoms with Gasteiger partial charge < -0.3 is 114 Å². The second-order valence-electron chi connectivity index (χ2n) is 15.2. The Morgan fingerprint density at radius 2 is 0.794 bits per heavy atom. The summed E-state index contributed by atoms with van der Waals surface area (Å²) in [4.78, 5) is 0. The standard InChI is InChI=1S/C34H56N6O23/c41-7-15-19(45)21(47)25(51)33(58-15)62-29-17(9-43)60-31(27(53)23(29)49)56-11-13-5-39(37-35-13)1-3-55-4-2-40-6-14(36-38-40)12-57-32-28(54)24(50)30(18(10-44)61-32)63-34-26(52)22(48)20(46)16(8-42)59-34/h5-6,15-34,41-54H,1-4,7-12H2. The molecule has 2 aromatic rings. The van der Waals surface area contributed by atoms with E-state index in [1.165, 1.54) is 21.8 Å². The number of rotatable bonds is 20. The average Bonchev–Trinajstić information content (AvgIpc) is 3.95. The predicted octanol–water partition coefficient (Wildman–Crippen LogP) is -10.1. The summed E-state index contributed by atoms with van der Waals surface area (Å²) in [6.45, 7) is -2.44. The molecule has 29 heteroatoms. The van der Waals surface area contributed by atoms with Gasteiger partial charge in [0.05, 0.1) is 78.3 Å². The van der Waals surface area contributed by atoms with Crippen molar-refractivity contribution in [1.82, 2.24) is 30.0 Å². The molecular weight excluding hydrogens is 860 g/mol. The zero-order chi connectivity index (χ0) is 45.5. The lowest BCUT2D eigenvalue weighted by molar-refractivity contribution is -0.360. The van der Waals surface area contributed by atoms with Crippen LogP contribution in [0.15, 0.2) is 12.4 Å². The van der Waals surface area contributed by atoms with E-state index in [1.54, 1.807) is 0 Å². The van der Waals surface area contributed by atoms with Crippen LogP contribution in [0.3, 0.4) is 0 Å². The summed E-state index contributed by atoms with van der Waals surface area (Å²) in [6.07, 6.45) is -28.7. The van der Waals surface area contributed by atoms with Crippen LogP contribution in [0.2, 0.25) is 0 Å². The molecule has 4 aliphatic heterocycles. The molecule has 0 aliphatic carbocycles. The van der Waals surface area contributed by atoms with Gasteiger partial charge >= 0.3 is 0 Å². The predicted molar refractivity (Wildman–Crippen MR) is 193 cm³/mol. The molecule has 2 aromatic heterocycles. The first-order valence-electron chi connectivity index (χ1n) is 19.9. The highest BCUT2D eigenvalue weighted by molar-refractivity contribution is 4.97. The van der Waals surface area contributed by atoms with Crippen molar-refractivity contribution in [2.45, 2.75) is 149 Å². The van der Waals surface area contributed by atoms with E-state index in [1.807, 2.05) is 0 Å². The molecule has 14 N–H and O–H groups in total. The van der Waals surface area contributed by atoms with Crippen LogP contribution in [0.25, 0.3) is 0 Å². The summed E-state index contributed by atoms with van der Waals surface area (Å²) in [5.74, 6) is 0. The maximum atomic E-state index is 10.8. The van der Waals surface area contributed by atoms with Gasteiger partial charge in [0.25, 0.3) is 0 Å². The van der Waals surface area contributed by atoms with Gasteiger partial charge in [-0.05, 0) is 0 Å². The van der Waals surface area contributed by atoms with Gasteiger partial charge in [0.15, 0.2) is 25.2 Å². The number of hydrogen-bond acceptors (Lipinski definition) is 27.